The first kappa shape index (κ1) is 11.9. The number of ketones is 1. The number of hydrogen-bond acceptors (Lipinski definition) is 2. The Morgan fingerprint density at radius 1 is 1.38 bits per heavy atom. The summed E-state index contributed by atoms with van der Waals surface area (Å²) in [6, 6.07) is 0. The van der Waals surface area contributed by atoms with Crippen LogP contribution in [0.5, 0.6) is 0 Å². The van der Waals surface area contributed by atoms with Crippen molar-refractivity contribution in [3.63, 3.8) is 0 Å². The highest BCUT2D eigenvalue weighted by molar-refractivity contribution is 5.95. The molecule has 0 radical (unpaired) electrons. The Labute approximate surface area is 78.5 Å². The molecule has 0 bridgehead atoms. The third kappa shape index (κ3) is 3.87. The summed E-state index contributed by atoms with van der Waals surface area (Å²) in [6.07, 6.45) is 0.556. The third-order valence-electron chi connectivity index (χ3n) is 1.89. The van der Waals surface area contributed by atoms with Crippen LogP contribution in [-0.2, 0) is 9.59 Å². The van der Waals surface area contributed by atoms with E-state index < -0.39 is 11.9 Å². The molecule has 0 aliphatic rings. The number of carboxylic acid groups (broad SMARTS) is 1. The number of carbonyl (C=O) groups excluding carboxylic acids is 1. The average molecular weight is 184 g/mol. The van der Waals surface area contributed by atoms with Gasteiger partial charge in [0.2, 0.25) is 0 Å². The molecular weight excluding hydrogens is 168 g/mol. The summed E-state index contributed by atoms with van der Waals surface area (Å²) in [7, 11) is 0. The van der Waals surface area contributed by atoms with E-state index in [-0.39, 0.29) is 11.4 Å². The van der Waals surface area contributed by atoms with Crippen LogP contribution < -0.4 is 0 Å². The highest BCUT2D eigenvalue weighted by atomic mass is 16.4. The van der Waals surface area contributed by atoms with Crippen molar-refractivity contribution in [3.05, 3.63) is 12.2 Å². The maximum Gasteiger partial charge on any atom is 0.331 e. The maximum atomic E-state index is 11.1. The van der Waals surface area contributed by atoms with Crippen molar-refractivity contribution in [2.24, 2.45) is 11.8 Å². The van der Waals surface area contributed by atoms with Crippen LogP contribution >= 0.6 is 0 Å². The Morgan fingerprint density at radius 3 is 2.08 bits per heavy atom. The third-order valence-corrected chi connectivity index (χ3v) is 1.89. The highest BCUT2D eigenvalue weighted by Crippen LogP contribution is 2.20. The minimum atomic E-state index is -1.08. The van der Waals surface area contributed by atoms with Gasteiger partial charge in [-0.1, -0.05) is 20.4 Å². The lowest BCUT2D eigenvalue weighted by atomic mass is 9.88. The number of carbonyl (C=O) groups is 2. The molecule has 1 N–H and O–H groups in total. The molecule has 0 aliphatic carbocycles. The van der Waals surface area contributed by atoms with E-state index in [2.05, 4.69) is 6.58 Å². The zero-order chi connectivity index (χ0) is 10.6. The van der Waals surface area contributed by atoms with Gasteiger partial charge >= 0.3 is 5.97 Å². The normalized spacial score (nSPS) is 12.6. The number of carboxylic acids is 1. The van der Waals surface area contributed by atoms with Crippen LogP contribution in [-0.4, -0.2) is 16.9 Å². The minimum absolute atomic E-state index is 0.00111. The lowest BCUT2D eigenvalue weighted by molar-refractivity contribution is -0.135. The largest absolute Gasteiger partial charge is 0.478 e. The highest BCUT2D eigenvalue weighted by Gasteiger charge is 2.23. The van der Waals surface area contributed by atoms with Crippen LogP contribution in [0.2, 0.25) is 0 Å². The Morgan fingerprint density at radius 2 is 1.85 bits per heavy atom. The van der Waals surface area contributed by atoms with E-state index in [4.69, 9.17) is 5.11 Å². The van der Waals surface area contributed by atoms with Crippen molar-refractivity contribution in [1.29, 1.82) is 0 Å². The molecular formula is C10H16O3. The van der Waals surface area contributed by atoms with Crippen molar-refractivity contribution < 1.29 is 14.7 Å². The van der Waals surface area contributed by atoms with Crippen LogP contribution in [0.4, 0.5) is 0 Å². The van der Waals surface area contributed by atoms with Crippen molar-refractivity contribution in [2.75, 3.05) is 0 Å². The quantitative estimate of drug-likeness (QED) is 0.664. The molecule has 0 heterocycles. The lowest BCUT2D eigenvalue weighted by Crippen LogP contribution is -2.20. The van der Waals surface area contributed by atoms with E-state index in [9.17, 15) is 9.59 Å². The molecule has 0 saturated heterocycles. The summed E-state index contributed by atoms with van der Waals surface area (Å²) < 4.78 is 0. The first-order valence-electron chi connectivity index (χ1n) is 4.28. The van der Waals surface area contributed by atoms with Gasteiger partial charge in [0, 0.05) is 11.5 Å². The van der Waals surface area contributed by atoms with Gasteiger partial charge in [-0.2, -0.15) is 0 Å². The number of Topliss-reactive ketones (excluding diaryl/α,β-unsaturated/α-hetero) is 1. The Balaban J connectivity index is 4.52. The number of rotatable bonds is 5. The molecule has 3 nitrogen and oxygen atoms in total. The molecule has 0 rings (SSSR count). The van der Waals surface area contributed by atoms with Gasteiger partial charge in [-0.3, -0.25) is 4.79 Å². The Bertz CT molecular complexity index is 228. The standard InChI is InChI=1S/C10H16O3/c1-6(2)5-9(8(4)11)7(3)10(12)13/h6,9H,3,5H2,1-2,4H3,(H,12,13)/t9-/m1/s1. The molecule has 3 heteroatoms. The smallest absolute Gasteiger partial charge is 0.331 e. The van der Waals surface area contributed by atoms with Gasteiger partial charge in [0.15, 0.2) is 0 Å². The molecule has 0 spiro atoms. The van der Waals surface area contributed by atoms with E-state index >= 15 is 0 Å². The SMILES string of the molecule is C=C(C(=O)O)[C@@H](CC(C)C)C(C)=O. The summed E-state index contributed by atoms with van der Waals surface area (Å²) in [6.45, 7) is 8.71. The molecule has 0 fully saturated rings. The predicted octanol–water partition coefficient (Wildman–Crippen LogP) is 1.88. The van der Waals surface area contributed by atoms with Crippen LogP contribution in [0.15, 0.2) is 12.2 Å². The fourth-order valence-electron chi connectivity index (χ4n) is 1.17. The second-order valence-corrected chi connectivity index (χ2v) is 3.62. The van der Waals surface area contributed by atoms with Gasteiger partial charge in [0.1, 0.15) is 5.78 Å². The molecule has 0 saturated carbocycles. The van der Waals surface area contributed by atoms with Gasteiger partial charge in [-0.05, 0) is 19.3 Å². The first-order chi connectivity index (χ1) is 5.86. The molecule has 0 aromatic rings. The van der Waals surface area contributed by atoms with Crippen LogP contribution in [0.3, 0.4) is 0 Å². The minimum Gasteiger partial charge on any atom is -0.478 e. The van der Waals surface area contributed by atoms with E-state index in [1.165, 1.54) is 6.92 Å². The Hall–Kier alpha value is -1.12. The van der Waals surface area contributed by atoms with Crippen molar-refractivity contribution >= 4 is 11.8 Å². The fraction of sp³-hybridized carbons (Fsp3) is 0.600. The Kier molecular flexibility index (Phi) is 4.38. The molecule has 0 amide bonds. The van der Waals surface area contributed by atoms with Crippen LogP contribution in [0.25, 0.3) is 0 Å². The summed E-state index contributed by atoms with van der Waals surface area (Å²) in [5.74, 6) is -1.44. The van der Waals surface area contributed by atoms with E-state index in [0.29, 0.717) is 12.3 Å². The molecule has 1 atom stereocenters. The van der Waals surface area contributed by atoms with Crippen LogP contribution in [0, 0.1) is 11.8 Å². The van der Waals surface area contributed by atoms with Crippen LogP contribution in [0.1, 0.15) is 27.2 Å². The van der Waals surface area contributed by atoms with Gasteiger partial charge < -0.3 is 5.11 Å². The van der Waals surface area contributed by atoms with Gasteiger partial charge in [-0.15, -0.1) is 0 Å². The average Bonchev–Trinajstić information content (AvgIpc) is 1.97. The monoisotopic (exact) mass is 184 g/mol. The molecule has 13 heavy (non-hydrogen) atoms. The van der Waals surface area contributed by atoms with E-state index in [1.807, 2.05) is 13.8 Å². The zero-order valence-electron chi connectivity index (χ0n) is 8.33. The van der Waals surface area contributed by atoms with Gasteiger partial charge in [0.25, 0.3) is 0 Å². The zero-order valence-corrected chi connectivity index (χ0v) is 8.33. The van der Waals surface area contributed by atoms with E-state index in [0.717, 1.165) is 0 Å². The summed E-state index contributed by atoms with van der Waals surface area (Å²) in [5, 5.41) is 8.66. The molecule has 0 unspecified atom stereocenters. The number of hydrogen-bond donors (Lipinski definition) is 1. The molecule has 0 aromatic carbocycles. The summed E-state index contributed by atoms with van der Waals surface area (Å²) in [5.41, 5.74) is 0.00111. The summed E-state index contributed by atoms with van der Waals surface area (Å²) >= 11 is 0. The van der Waals surface area contributed by atoms with Gasteiger partial charge in [0.05, 0.1) is 0 Å². The fourth-order valence-corrected chi connectivity index (χ4v) is 1.17. The second kappa shape index (κ2) is 4.80. The molecule has 0 aliphatic heterocycles. The lowest BCUT2D eigenvalue weighted by Gasteiger charge is -2.15. The van der Waals surface area contributed by atoms with Crippen molar-refractivity contribution in [3.8, 4) is 0 Å². The predicted molar refractivity (Wildman–Crippen MR) is 50.4 cm³/mol. The molecule has 0 aromatic heterocycles. The van der Waals surface area contributed by atoms with E-state index in [1.54, 1.807) is 0 Å². The number of aliphatic carboxylic acids is 1. The second-order valence-electron chi connectivity index (χ2n) is 3.62. The summed E-state index contributed by atoms with van der Waals surface area (Å²) in [4.78, 5) is 21.7. The topological polar surface area (TPSA) is 54.4 Å². The van der Waals surface area contributed by atoms with Crippen molar-refractivity contribution in [1.82, 2.24) is 0 Å². The van der Waals surface area contributed by atoms with Gasteiger partial charge in [-0.25, -0.2) is 4.79 Å². The molecule has 74 valence electrons. The first-order valence-corrected chi connectivity index (χ1v) is 4.28. The maximum absolute atomic E-state index is 11.1. The van der Waals surface area contributed by atoms with Crippen molar-refractivity contribution in [2.45, 2.75) is 27.2 Å².